The third-order valence-electron chi connectivity index (χ3n) is 5.94. The van der Waals surface area contributed by atoms with Crippen LogP contribution in [0.1, 0.15) is 36.5 Å². The monoisotopic (exact) mass is 435 g/mol. The van der Waals surface area contributed by atoms with E-state index in [0.29, 0.717) is 5.13 Å². The standard InChI is InChI=1S/C25H29N3O2S/c1-18-5-4-6-20(17-18)22(25(2,3)23(29)27-24-26-11-16-31-24)19-7-9-21(10-8-19)28-12-14-30-15-13-28/h4-11,16-17,22H,12-15H2,1-3H3,(H,26,27,29). The van der Waals surface area contributed by atoms with E-state index in [1.807, 2.05) is 19.2 Å². The molecule has 0 aliphatic carbocycles. The van der Waals surface area contributed by atoms with E-state index < -0.39 is 5.41 Å². The molecule has 1 saturated heterocycles. The highest BCUT2D eigenvalue weighted by Gasteiger charge is 2.39. The summed E-state index contributed by atoms with van der Waals surface area (Å²) >= 11 is 1.43. The minimum atomic E-state index is -0.681. The van der Waals surface area contributed by atoms with Gasteiger partial charge in [-0.1, -0.05) is 55.8 Å². The summed E-state index contributed by atoms with van der Waals surface area (Å²) in [5.74, 6) is -0.127. The summed E-state index contributed by atoms with van der Waals surface area (Å²) in [7, 11) is 0. The highest BCUT2D eigenvalue weighted by Crippen LogP contribution is 2.42. The van der Waals surface area contributed by atoms with Crippen molar-refractivity contribution in [3.05, 3.63) is 76.8 Å². The number of thiazole rings is 1. The van der Waals surface area contributed by atoms with Gasteiger partial charge in [-0.2, -0.15) is 0 Å². The van der Waals surface area contributed by atoms with E-state index in [1.165, 1.54) is 22.6 Å². The molecule has 1 unspecified atom stereocenters. The first-order valence-electron chi connectivity index (χ1n) is 10.7. The lowest BCUT2D eigenvalue weighted by atomic mass is 9.70. The minimum Gasteiger partial charge on any atom is -0.378 e. The summed E-state index contributed by atoms with van der Waals surface area (Å²) in [6.45, 7) is 9.45. The number of hydrogen-bond donors (Lipinski definition) is 1. The zero-order chi connectivity index (χ0) is 21.8. The molecule has 4 rings (SSSR count). The second kappa shape index (κ2) is 9.20. The quantitative estimate of drug-likeness (QED) is 0.586. The van der Waals surface area contributed by atoms with Crippen molar-refractivity contribution in [2.24, 2.45) is 5.41 Å². The van der Waals surface area contributed by atoms with Crippen LogP contribution in [0.3, 0.4) is 0 Å². The zero-order valence-corrected chi connectivity index (χ0v) is 19.1. The van der Waals surface area contributed by atoms with E-state index in [0.717, 1.165) is 37.4 Å². The second-order valence-electron chi connectivity index (χ2n) is 8.55. The summed E-state index contributed by atoms with van der Waals surface area (Å²) in [6.07, 6.45) is 1.70. The molecule has 0 saturated carbocycles. The smallest absolute Gasteiger partial charge is 0.232 e. The van der Waals surface area contributed by atoms with Gasteiger partial charge in [-0.15, -0.1) is 11.3 Å². The number of rotatable bonds is 6. The predicted octanol–water partition coefficient (Wildman–Crippen LogP) is 5.08. The maximum atomic E-state index is 13.4. The molecule has 1 aliphatic heterocycles. The molecule has 1 fully saturated rings. The van der Waals surface area contributed by atoms with Crippen LogP contribution in [0, 0.1) is 12.3 Å². The van der Waals surface area contributed by atoms with Crippen molar-refractivity contribution in [1.29, 1.82) is 0 Å². The van der Waals surface area contributed by atoms with Gasteiger partial charge in [0, 0.05) is 36.3 Å². The van der Waals surface area contributed by atoms with Crippen LogP contribution in [0.5, 0.6) is 0 Å². The Morgan fingerprint density at radius 1 is 1.13 bits per heavy atom. The molecule has 5 nitrogen and oxygen atoms in total. The van der Waals surface area contributed by atoms with E-state index in [9.17, 15) is 4.79 Å². The second-order valence-corrected chi connectivity index (χ2v) is 9.45. The highest BCUT2D eigenvalue weighted by atomic mass is 32.1. The fourth-order valence-corrected chi connectivity index (χ4v) is 4.77. The van der Waals surface area contributed by atoms with Crippen LogP contribution in [-0.4, -0.2) is 37.2 Å². The number of carbonyl (C=O) groups excluding carboxylic acids is 1. The van der Waals surface area contributed by atoms with Crippen molar-refractivity contribution >= 4 is 28.1 Å². The van der Waals surface area contributed by atoms with Crippen molar-refractivity contribution < 1.29 is 9.53 Å². The van der Waals surface area contributed by atoms with Gasteiger partial charge in [0.25, 0.3) is 0 Å². The number of morpholine rings is 1. The van der Waals surface area contributed by atoms with Crippen LogP contribution in [0.4, 0.5) is 10.8 Å². The number of ether oxygens (including phenoxy) is 1. The topological polar surface area (TPSA) is 54.5 Å². The van der Waals surface area contributed by atoms with E-state index >= 15 is 0 Å². The molecule has 162 valence electrons. The van der Waals surface area contributed by atoms with E-state index in [4.69, 9.17) is 4.74 Å². The molecule has 2 aromatic carbocycles. The SMILES string of the molecule is Cc1cccc(C(c2ccc(N3CCOCC3)cc2)C(C)(C)C(=O)Nc2nccs2)c1. The maximum absolute atomic E-state index is 13.4. The summed E-state index contributed by atoms with van der Waals surface area (Å²) in [5, 5.41) is 5.50. The summed E-state index contributed by atoms with van der Waals surface area (Å²) < 4.78 is 5.48. The lowest BCUT2D eigenvalue weighted by Crippen LogP contribution is -2.37. The number of aromatic nitrogens is 1. The Labute approximate surface area is 188 Å². The van der Waals surface area contributed by atoms with Gasteiger partial charge in [-0.05, 0) is 30.2 Å². The Hall–Kier alpha value is -2.70. The van der Waals surface area contributed by atoms with Gasteiger partial charge in [0.15, 0.2) is 5.13 Å². The molecule has 1 atom stereocenters. The average Bonchev–Trinajstić information content (AvgIpc) is 3.28. The number of anilines is 2. The number of nitrogens with zero attached hydrogens (tertiary/aromatic N) is 2. The molecule has 0 spiro atoms. The lowest BCUT2D eigenvalue weighted by molar-refractivity contribution is -0.124. The molecule has 0 radical (unpaired) electrons. The first-order valence-corrected chi connectivity index (χ1v) is 11.5. The Balaban J connectivity index is 1.68. The van der Waals surface area contributed by atoms with Gasteiger partial charge in [0.2, 0.25) is 5.91 Å². The van der Waals surface area contributed by atoms with Crippen LogP contribution < -0.4 is 10.2 Å². The van der Waals surface area contributed by atoms with Crippen molar-refractivity contribution in [1.82, 2.24) is 4.98 Å². The number of hydrogen-bond acceptors (Lipinski definition) is 5. The molecule has 31 heavy (non-hydrogen) atoms. The maximum Gasteiger partial charge on any atom is 0.232 e. The lowest BCUT2D eigenvalue weighted by Gasteiger charge is -2.34. The fraction of sp³-hybridized carbons (Fsp3) is 0.360. The van der Waals surface area contributed by atoms with Crippen molar-refractivity contribution in [2.75, 3.05) is 36.5 Å². The Morgan fingerprint density at radius 2 is 1.87 bits per heavy atom. The Morgan fingerprint density at radius 3 is 2.52 bits per heavy atom. The minimum absolute atomic E-state index is 0.0359. The van der Waals surface area contributed by atoms with Crippen LogP contribution in [-0.2, 0) is 9.53 Å². The molecule has 1 aromatic heterocycles. The van der Waals surface area contributed by atoms with Crippen LogP contribution in [0.25, 0.3) is 0 Å². The number of amides is 1. The average molecular weight is 436 g/mol. The molecular weight excluding hydrogens is 406 g/mol. The first-order chi connectivity index (χ1) is 14.9. The van der Waals surface area contributed by atoms with E-state index in [2.05, 4.69) is 70.7 Å². The largest absolute Gasteiger partial charge is 0.378 e. The number of aryl methyl sites for hydroxylation is 1. The van der Waals surface area contributed by atoms with Gasteiger partial charge in [-0.3, -0.25) is 4.79 Å². The third kappa shape index (κ3) is 4.81. The number of carbonyl (C=O) groups is 1. The first kappa shape index (κ1) is 21.5. The molecule has 2 heterocycles. The number of nitrogens with one attached hydrogen (secondary N) is 1. The van der Waals surface area contributed by atoms with E-state index in [-0.39, 0.29) is 11.8 Å². The molecule has 1 aliphatic rings. The van der Waals surface area contributed by atoms with Crippen LogP contribution >= 0.6 is 11.3 Å². The number of benzene rings is 2. The highest BCUT2D eigenvalue weighted by molar-refractivity contribution is 7.13. The molecule has 0 bridgehead atoms. The summed E-state index contributed by atoms with van der Waals surface area (Å²) in [5.41, 5.74) is 3.96. The van der Waals surface area contributed by atoms with Gasteiger partial charge in [-0.25, -0.2) is 4.98 Å². The van der Waals surface area contributed by atoms with Gasteiger partial charge >= 0.3 is 0 Å². The zero-order valence-electron chi connectivity index (χ0n) is 18.3. The van der Waals surface area contributed by atoms with Crippen molar-refractivity contribution in [2.45, 2.75) is 26.7 Å². The van der Waals surface area contributed by atoms with Crippen LogP contribution in [0.2, 0.25) is 0 Å². The molecule has 3 aromatic rings. The summed E-state index contributed by atoms with van der Waals surface area (Å²) in [4.78, 5) is 19.9. The third-order valence-corrected chi connectivity index (χ3v) is 6.63. The summed E-state index contributed by atoms with van der Waals surface area (Å²) in [6, 6.07) is 17.1. The van der Waals surface area contributed by atoms with Gasteiger partial charge in [0.1, 0.15) is 0 Å². The fourth-order valence-electron chi connectivity index (χ4n) is 4.25. The van der Waals surface area contributed by atoms with Crippen molar-refractivity contribution in [3.8, 4) is 0 Å². The van der Waals surface area contributed by atoms with E-state index in [1.54, 1.807) is 6.20 Å². The molecule has 6 heteroatoms. The molecule has 1 amide bonds. The van der Waals surface area contributed by atoms with Crippen LogP contribution in [0.15, 0.2) is 60.1 Å². The van der Waals surface area contributed by atoms with Crippen molar-refractivity contribution in [3.63, 3.8) is 0 Å². The van der Waals surface area contributed by atoms with Gasteiger partial charge in [0.05, 0.1) is 18.6 Å². The Bertz CT molecular complexity index is 1010. The predicted molar refractivity (Wildman–Crippen MR) is 127 cm³/mol. The van der Waals surface area contributed by atoms with Gasteiger partial charge < -0.3 is 15.0 Å². The Kier molecular flexibility index (Phi) is 6.39. The molecular formula is C25H29N3O2S. The normalized spacial score (nSPS) is 15.5. The molecule has 1 N–H and O–H groups in total.